The lowest BCUT2D eigenvalue weighted by Gasteiger charge is -2.17. The Bertz CT molecular complexity index is 784. The number of aliphatic hydroxyl groups is 1. The van der Waals surface area contributed by atoms with Gasteiger partial charge in [-0.2, -0.15) is 5.10 Å². The van der Waals surface area contributed by atoms with Crippen LogP contribution in [0.15, 0.2) is 53.4 Å². The highest BCUT2D eigenvalue weighted by atomic mass is 16.4. The third-order valence-electron chi connectivity index (χ3n) is 3.64. The van der Waals surface area contributed by atoms with Gasteiger partial charge in [0.25, 0.3) is 5.91 Å². The summed E-state index contributed by atoms with van der Waals surface area (Å²) < 4.78 is 5.16. The molecule has 3 rings (SSSR count). The van der Waals surface area contributed by atoms with Crippen LogP contribution in [0.25, 0.3) is 11.4 Å². The summed E-state index contributed by atoms with van der Waals surface area (Å²) in [6, 6.07) is 10.3. The van der Waals surface area contributed by atoms with Gasteiger partial charge in [-0.25, -0.2) is 4.98 Å². The molecular weight excluding hydrogens is 308 g/mol. The number of carbonyl (C=O) groups is 1. The van der Waals surface area contributed by atoms with Crippen molar-refractivity contribution in [1.82, 2.24) is 20.5 Å². The maximum absolute atomic E-state index is 12.4. The van der Waals surface area contributed by atoms with Gasteiger partial charge in [0.2, 0.25) is 0 Å². The van der Waals surface area contributed by atoms with Crippen LogP contribution in [0.1, 0.15) is 35.6 Å². The maximum Gasteiger partial charge on any atom is 0.251 e. The number of nitrogens with zero attached hydrogens (tertiary/aromatic N) is 2. The molecule has 3 N–H and O–H groups in total. The van der Waals surface area contributed by atoms with Gasteiger partial charge in [-0.1, -0.05) is 12.1 Å². The molecule has 0 aliphatic heterocycles. The van der Waals surface area contributed by atoms with E-state index in [1.807, 2.05) is 13.0 Å². The van der Waals surface area contributed by atoms with Crippen LogP contribution in [0.3, 0.4) is 0 Å². The number of carbonyl (C=O) groups excluding carboxylic acids is 1. The van der Waals surface area contributed by atoms with Crippen molar-refractivity contribution in [3.63, 3.8) is 0 Å². The van der Waals surface area contributed by atoms with E-state index in [2.05, 4.69) is 20.5 Å². The minimum absolute atomic E-state index is 0.212. The summed E-state index contributed by atoms with van der Waals surface area (Å²) in [6.07, 6.45) is 2.54. The van der Waals surface area contributed by atoms with Gasteiger partial charge >= 0.3 is 0 Å². The highest BCUT2D eigenvalue weighted by molar-refractivity contribution is 5.95. The lowest BCUT2D eigenvalue weighted by atomic mass is 10.1. The molecule has 7 heteroatoms. The molecule has 2 heterocycles. The van der Waals surface area contributed by atoms with Gasteiger partial charge in [-0.05, 0) is 31.2 Å². The van der Waals surface area contributed by atoms with Crippen LogP contribution in [-0.4, -0.2) is 32.2 Å². The summed E-state index contributed by atoms with van der Waals surface area (Å²) in [5.74, 6) is 0.880. The van der Waals surface area contributed by atoms with Gasteiger partial charge < -0.3 is 14.8 Å². The van der Waals surface area contributed by atoms with Crippen LogP contribution in [-0.2, 0) is 0 Å². The molecule has 24 heavy (non-hydrogen) atoms. The summed E-state index contributed by atoms with van der Waals surface area (Å²) in [4.78, 5) is 16.5. The summed E-state index contributed by atoms with van der Waals surface area (Å²) in [6.45, 7) is 1.84. The van der Waals surface area contributed by atoms with Crippen molar-refractivity contribution >= 4 is 5.91 Å². The Labute approximate surface area is 138 Å². The van der Waals surface area contributed by atoms with Crippen LogP contribution in [0.2, 0.25) is 0 Å². The van der Waals surface area contributed by atoms with Gasteiger partial charge in [-0.15, -0.1) is 0 Å². The Hall–Kier alpha value is -2.93. The third kappa shape index (κ3) is 3.69. The molecule has 3 aromatic rings. The number of amides is 1. The molecule has 0 saturated carbocycles. The van der Waals surface area contributed by atoms with Gasteiger partial charge in [0, 0.05) is 23.6 Å². The first kappa shape index (κ1) is 15.9. The zero-order valence-electron chi connectivity index (χ0n) is 13.1. The summed E-state index contributed by atoms with van der Waals surface area (Å²) in [7, 11) is 0. The molecule has 0 aliphatic rings. The average Bonchev–Trinajstić information content (AvgIpc) is 3.28. The van der Waals surface area contributed by atoms with E-state index in [4.69, 9.17) is 4.42 Å². The molecule has 7 nitrogen and oxygen atoms in total. The van der Waals surface area contributed by atoms with Crippen LogP contribution < -0.4 is 5.32 Å². The standard InChI is InChI=1S/C17H18N4O3/c1-11(8-14(22)15-6-3-7-24-15)20-17(23)13-5-2-4-12(9-13)16-18-10-19-21-16/h2-7,9-11,14,22H,8H2,1H3,(H,20,23)(H,18,19,21). The number of furan rings is 1. The smallest absolute Gasteiger partial charge is 0.251 e. The number of aromatic amines is 1. The van der Waals surface area contributed by atoms with Crippen molar-refractivity contribution in [3.8, 4) is 11.4 Å². The highest BCUT2D eigenvalue weighted by Gasteiger charge is 2.17. The van der Waals surface area contributed by atoms with Crippen LogP contribution in [0, 0.1) is 0 Å². The average molecular weight is 326 g/mol. The number of aromatic nitrogens is 3. The van der Waals surface area contributed by atoms with Crippen molar-refractivity contribution < 1.29 is 14.3 Å². The maximum atomic E-state index is 12.4. The number of rotatable bonds is 6. The van der Waals surface area contributed by atoms with E-state index in [9.17, 15) is 9.90 Å². The molecule has 0 aliphatic carbocycles. The number of hydrogen-bond acceptors (Lipinski definition) is 5. The molecular formula is C17H18N4O3. The fourth-order valence-corrected chi connectivity index (χ4v) is 2.45. The second-order valence-electron chi connectivity index (χ2n) is 5.56. The van der Waals surface area contributed by atoms with Crippen LogP contribution in [0.4, 0.5) is 0 Å². The van der Waals surface area contributed by atoms with Gasteiger partial charge in [0.05, 0.1) is 6.26 Å². The molecule has 1 aromatic carbocycles. The predicted octanol–water partition coefficient (Wildman–Crippen LogP) is 2.31. The first-order valence-electron chi connectivity index (χ1n) is 7.61. The Kier molecular flexibility index (Phi) is 4.72. The minimum atomic E-state index is -0.754. The SMILES string of the molecule is CC(CC(O)c1ccco1)NC(=O)c1cccc(-c2ncn[nH]2)c1. The van der Waals surface area contributed by atoms with Gasteiger partial charge in [0.15, 0.2) is 5.82 Å². The van der Waals surface area contributed by atoms with E-state index in [0.717, 1.165) is 5.56 Å². The molecule has 0 spiro atoms. The first-order valence-corrected chi connectivity index (χ1v) is 7.61. The molecule has 0 saturated heterocycles. The van der Waals surface area contributed by atoms with Crippen LogP contribution >= 0.6 is 0 Å². The number of benzene rings is 1. The lowest BCUT2D eigenvalue weighted by molar-refractivity contribution is 0.0903. The Morgan fingerprint density at radius 2 is 2.25 bits per heavy atom. The number of nitrogens with one attached hydrogen (secondary N) is 2. The second-order valence-corrected chi connectivity index (χ2v) is 5.56. The number of H-pyrrole nitrogens is 1. The third-order valence-corrected chi connectivity index (χ3v) is 3.64. The van der Waals surface area contributed by atoms with E-state index < -0.39 is 6.10 Å². The predicted molar refractivity (Wildman–Crippen MR) is 87.0 cm³/mol. The van der Waals surface area contributed by atoms with Crippen molar-refractivity contribution in [2.75, 3.05) is 0 Å². The van der Waals surface area contributed by atoms with E-state index in [0.29, 0.717) is 23.6 Å². The van der Waals surface area contributed by atoms with Gasteiger partial charge in [-0.3, -0.25) is 9.89 Å². The summed E-state index contributed by atoms with van der Waals surface area (Å²) >= 11 is 0. The van der Waals surface area contributed by atoms with Gasteiger partial charge in [0.1, 0.15) is 18.2 Å². The second kappa shape index (κ2) is 7.10. The number of hydrogen-bond donors (Lipinski definition) is 3. The first-order chi connectivity index (χ1) is 11.6. The Balaban J connectivity index is 1.63. The fourth-order valence-electron chi connectivity index (χ4n) is 2.45. The lowest BCUT2D eigenvalue weighted by Crippen LogP contribution is -2.33. The van der Waals surface area contributed by atoms with E-state index in [1.54, 1.807) is 30.3 Å². The molecule has 1 amide bonds. The Morgan fingerprint density at radius 1 is 1.38 bits per heavy atom. The minimum Gasteiger partial charge on any atom is -0.467 e. The topological polar surface area (TPSA) is 104 Å². The highest BCUT2D eigenvalue weighted by Crippen LogP contribution is 2.19. The molecule has 2 atom stereocenters. The number of aliphatic hydroxyl groups excluding tert-OH is 1. The monoisotopic (exact) mass is 326 g/mol. The Morgan fingerprint density at radius 3 is 2.96 bits per heavy atom. The van der Waals surface area contributed by atoms with E-state index in [1.165, 1.54) is 12.6 Å². The fraction of sp³-hybridized carbons (Fsp3) is 0.235. The molecule has 124 valence electrons. The van der Waals surface area contributed by atoms with E-state index in [-0.39, 0.29) is 11.9 Å². The quantitative estimate of drug-likeness (QED) is 0.645. The molecule has 0 radical (unpaired) electrons. The molecule has 2 aromatic heterocycles. The van der Waals surface area contributed by atoms with Crippen LogP contribution in [0.5, 0.6) is 0 Å². The molecule has 0 bridgehead atoms. The van der Waals surface area contributed by atoms with Crippen molar-refractivity contribution in [3.05, 3.63) is 60.3 Å². The van der Waals surface area contributed by atoms with Crippen molar-refractivity contribution in [2.45, 2.75) is 25.5 Å². The summed E-state index contributed by atoms with van der Waals surface area (Å²) in [5, 5.41) is 19.5. The zero-order chi connectivity index (χ0) is 16.9. The normalized spacial score (nSPS) is 13.4. The molecule has 0 fully saturated rings. The molecule has 2 unspecified atom stereocenters. The van der Waals surface area contributed by atoms with E-state index >= 15 is 0 Å². The summed E-state index contributed by atoms with van der Waals surface area (Å²) in [5.41, 5.74) is 1.30. The van der Waals surface area contributed by atoms with Crippen molar-refractivity contribution in [1.29, 1.82) is 0 Å². The zero-order valence-corrected chi connectivity index (χ0v) is 13.1. The van der Waals surface area contributed by atoms with Crippen molar-refractivity contribution in [2.24, 2.45) is 0 Å². The largest absolute Gasteiger partial charge is 0.467 e.